The number of aromatic nitrogens is 3. The lowest BCUT2D eigenvalue weighted by Gasteiger charge is -2.22. The van der Waals surface area contributed by atoms with Gasteiger partial charge < -0.3 is 10.1 Å². The van der Waals surface area contributed by atoms with Crippen LogP contribution in [-0.4, -0.2) is 33.9 Å². The summed E-state index contributed by atoms with van der Waals surface area (Å²) < 4.78 is 7.97. The van der Waals surface area contributed by atoms with E-state index in [-0.39, 0.29) is 5.60 Å². The number of nitrogens with zero attached hydrogens (tertiary/aromatic N) is 3. The average Bonchev–Trinajstić information content (AvgIpc) is 2.71. The number of hydrogen-bond acceptors (Lipinski definition) is 4. The largest absolute Gasteiger partial charge is 0.377 e. The Balaban J connectivity index is 2.18. The standard InChI is InChI=1S/C11H15BrN4O/c1-11(2,17-3)7-13-10-14-9-8(12)5-4-6-16(9)15-10/h4-6H,7H2,1-3H3,(H,13,15). The SMILES string of the molecule is COC(C)(C)CNc1nc2c(Br)cccn2n1. The van der Waals surface area contributed by atoms with Crippen LogP contribution in [0, 0.1) is 0 Å². The van der Waals surface area contributed by atoms with Crippen molar-refractivity contribution < 1.29 is 4.74 Å². The van der Waals surface area contributed by atoms with E-state index in [9.17, 15) is 0 Å². The third kappa shape index (κ3) is 2.76. The molecule has 0 aliphatic carbocycles. The van der Waals surface area contributed by atoms with Crippen molar-refractivity contribution in [3.8, 4) is 0 Å². The van der Waals surface area contributed by atoms with Gasteiger partial charge in [-0.3, -0.25) is 0 Å². The Bertz CT molecular complexity index is 523. The van der Waals surface area contributed by atoms with Gasteiger partial charge in [-0.25, -0.2) is 4.52 Å². The summed E-state index contributed by atoms with van der Waals surface area (Å²) in [5.74, 6) is 0.599. The first-order valence-electron chi connectivity index (χ1n) is 5.32. The second kappa shape index (κ2) is 4.62. The summed E-state index contributed by atoms with van der Waals surface area (Å²) in [5.41, 5.74) is 0.555. The van der Waals surface area contributed by atoms with Crippen LogP contribution in [0.3, 0.4) is 0 Å². The van der Waals surface area contributed by atoms with E-state index in [4.69, 9.17) is 4.74 Å². The highest BCUT2D eigenvalue weighted by atomic mass is 79.9. The molecule has 6 heteroatoms. The van der Waals surface area contributed by atoms with Gasteiger partial charge in [0.05, 0.1) is 10.1 Å². The van der Waals surface area contributed by atoms with Crippen LogP contribution in [0.1, 0.15) is 13.8 Å². The van der Waals surface area contributed by atoms with E-state index < -0.39 is 0 Å². The zero-order chi connectivity index (χ0) is 12.5. The lowest BCUT2D eigenvalue weighted by molar-refractivity contribution is 0.0342. The molecule has 0 fully saturated rings. The molecule has 0 amide bonds. The van der Waals surface area contributed by atoms with Crippen molar-refractivity contribution in [3.05, 3.63) is 22.8 Å². The van der Waals surface area contributed by atoms with E-state index in [1.54, 1.807) is 11.6 Å². The Hall–Kier alpha value is -1.14. The number of rotatable bonds is 4. The van der Waals surface area contributed by atoms with E-state index >= 15 is 0 Å². The molecule has 0 aromatic carbocycles. The number of anilines is 1. The Morgan fingerprint density at radius 3 is 2.94 bits per heavy atom. The first-order chi connectivity index (χ1) is 8.02. The first-order valence-corrected chi connectivity index (χ1v) is 6.11. The number of fused-ring (bicyclic) bond motifs is 1. The van der Waals surface area contributed by atoms with Gasteiger partial charge >= 0.3 is 0 Å². The Labute approximate surface area is 108 Å². The molecular weight excluding hydrogens is 284 g/mol. The maximum Gasteiger partial charge on any atom is 0.243 e. The van der Waals surface area contributed by atoms with Crippen molar-refractivity contribution in [1.82, 2.24) is 14.6 Å². The third-order valence-electron chi connectivity index (χ3n) is 2.54. The molecule has 2 aromatic heterocycles. The minimum atomic E-state index is -0.241. The smallest absolute Gasteiger partial charge is 0.243 e. The lowest BCUT2D eigenvalue weighted by Crippen LogP contribution is -2.32. The average molecular weight is 299 g/mol. The van der Waals surface area contributed by atoms with Gasteiger partial charge in [-0.2, -0.15) is 4.98 Å². The maximum atomic E-state index is 5.32. The van der Waals surface area contributed by atoms with E-state index in [0.29, 0.717) is 12.5 Å². The van der Waals surface area contributed by atoms with Crippen LogP contribution >= 0.6 is 15.9 Å². The Morgan fingerprint density at radius 1 is 1.53 bits per heavy atom. The summed E-state index contributed by atoms with van der Waals surface area (Å²) in [4.78, 5) is 4.39. The Kier molecular flexibility index (Phi) is 3.35. The minimum Gasteiger partial charge on any atom is -0.377 e. The van der Waals surface area contributed by atoms with Crippen molar-refractivity contribution in [2.75, 3.05) is 19.0 Å². The van der Waals surface area contributed by atoms with Crippen LogP contribution in [0.25, 0.3) is 5.65 Å². The summed E-state index contributed by atoms with van der Waals surface area (Å²) in [7, 11) is 1.69. The molecule has 17 heavy (non-hydrogen) atoms. The molecule has 2 heterocycles. The maximum absolute atomic E-state index is 5.32. The van der Waals surface area contributed by atoms with Gasteiger partial charge in [0.2, 0.25) is 5.95 Å². The molecule has 0 radical (unpaired) electrons. The van der Waals surface area contributed by atoms with Gasteiger partial charge in [-0.1, -0.05) is 0 Å². The molecule has 0 unspecified atom stereocenters. The topological polar surface area (TPSA) is 51.5 Å². The summed E-state index contributed by atoms with van der Waals surface area (Å²) in [6.07, 6.45) is 1.86. The van der Waals surface area contributed by atoms with Gasteiger partial charge in [0.15, 0.2) is 5.65 Å². The fraction of sp³-hybridized carbons (Fsp3) is 0.455. The highest BCUT2D eigenvalue weighted by molar-refractivity contribution is 9.10. The second-order valence-corrected chi connectivity index (χ2v) is 5.23. The fourth-order valence-corrected chi connectivity index (χ4v) is 1.74. The zero-order valence-electron chi connectivity index (χ0n) is 10.1. The minimum absolute atomic E-state index is 0.241. The van der Waals surface area contributed by atoms with Crippen LogP contribution in [0.4, 0.5) is 5.95 Å². The molecule has 0 spiro atoms. The predicted molar refractivity (Wildman–Crippen MR) is 70.3 cm³/mol. The van der Waals surface area contributed by atoms with Crippen LogP contribution < -0.4 is 5.32 Å². The van der Waals surface area contributed by atoms with Gasteiger partial charge in [0, 0.05) is 19.9 Å². The molecule has 0 bridgehead atoms. The first kappa shape index (κ1) is 12.3. The number of nitrogens with one attached hydrogen (secondary N) is 1. The summed E-state index contributed by atoms with van der Waals surface area (Å²) in [6.45, 7) is 4.66. The normalized spacial score (nSPS) is 12.0. The van der Waals surface area contributed by atoms with Crippen LogP contribution in [0.5, 0.6) is 0 Å². The molecule has 92 valence electrons. The molecular formula is C11H15BrN4O. The quantitative estimate of drug-likeness (QED) is 0.941. The third-order valence-corrected chi connectivity index (χ3v) is 3.16. The molecule has 0 aliphatic rings. The highest BCUT2D eigenvalue weighted by Crippen LogP contribution is 2.17. The van der Waals surface area contributed by atoms with E-state index in [1.165, 1.54) is 0 Å². The van der Waals surface area contributed by atoms with Crippen molar-refractivity contribution in [2.24, 2.45) is 0 Å². The van der Waals surface area contributed by atoms with Crippen molar-refractivity contribution in [3.63, 3.8) is 0 Å². The number of halogens is 1. The molecule has 0 saturated heterocycles. The van der Waals surface area contributed by atoms with E-state index in [1.807, 2.05) is 32.2 Å². The number of methoxy groups -OCH3 is 1. The second-order valence-electron chi connectivity index (χ2n) is 4.38. The lowest BCUT2D eigenvalue weighted by atomic mass is 10.1. The van der Waals surface area contributed by atoms with Crippen molar-refractivity contribution in [1.29, 1.82) is 0 Å². The monoisotopic (exact) mass is 298 g/mol. The zero-order valence-corrected chi connectivity index (χ0v) is 11.7. The molecule has 0 aliphatic heterocycles. The van der Waals surface area contributed by atoms with Crippen LogP contribution in [-0.2, 0) is 4.74 Å². The number of hydrogen-bond donors (Lipinski definition) is 1. The summed E-state index contributed by atoms with van der Waals surface area (Å²) in [6, 6.07) is 3.85. The molecule has 2 aromatic rings. The molecule has 0 atom stereocenters. The van der Waals surface area contributed by atoms with E-state index in [2.05, 4.69) is 31.3 Å². The summed E-state index contributed by atoms with van der Waals surface area (Å²) in [5, 5.41) is 7.48. The number of pyridine rings is 1. The molecule has 1 N–H and O–H groups in total. The fourth-order valence-electron chi connectivity index (χ4n) is 1.31. The van der Waals surface area contributed by atoms with Crippen LogP contribution in [0.2, 0.25) is 0 Å². The van der Waals surface area contributed by atoms with Gasteiger partial charge in [0.1, 0.15) is 0 Å². The van der Waals surface area contributed by atoms with Crippen LogP contribution in [0.15, 0.2) is 22.8 Å². The Morgan fingerprint density at radius 2 is 2.29 bits per heavy atom. The molecule has 5 nitrogen and oxygen atoms in total. The van der Waals surface area contributed by atoms with Crippen molar-refractivity contribution >= 4 is 27.5 Å². The molecule has 0 saturated carbocycles. The molecule has 2 rings (SSSR count). The van der Waals surface area contributed by atoms with Crippen molar-refractivity contribution in [2.45, 2.75) is 19.4 Å². The van der Waals surface area contributed by atoms with Gasteiger partial charge in [-0.15, -0.1) is 5.10 Å². The van der Waals surface area contributed by atoms with Gasteiger partial charge in [-0.05, 0) is 41.9 Å². The predicted octanol–water partition coefficient (Wildman–Crippen LogP) is 2.33. The van der Waals surface area contributed by atoms with E-state index in [0.717, 1.165) is 10.1 Å². The number of ether oxygens (including phenoxy) is 1. The van der Waals surface area contributed by atoms with Gasteiger partial charge in [0.25, 0.3) is 0 Å². The summed E-state index contributed by atoms with van der Waals surface area (Å²) >= 11 is 3.44. The highest BCUT2D eigenvalue weighted by Gasteiger charge is 2.17.